The summed E-state index contributed by atoms with van der Waals surface area (Å²) in [5.41, 5.74) is 2.33. The topological polar surface area (TPSA) is 41.6 Å². The summed E-state index contributed by atoms with van der Waals surface area (Å²) in [5.74, 6) is 0.439. The molecule has 25 heavy (non-hydrogen) atoms. The van der Waals surface area contributed by atoms with Gasteiger partial charge in [0.05, 0.1) is 0 Å². The zero-order valence-electron chi connectivity index (χ0n) is 14.4. The second-order valence-electron chi connectivity index (χ2n) is 6.30. The van der Waals surface area contributed by atoms with Gasteiger partial charge in [0.2, 0.25) is 0 Å². The van der Waals surface area contributed by atoms with Crippen LogP contribution in [-0.2, 0) is 11.3 Å². The van der Waals surface area contributed by atoms with Crippen molar-refractivity contribution >= 4 is 23.2 Å². The summed E-state index contributed by atoms with van der Waals surface area (Å²) < 4.78 is 5.63. The average molecular weight is 359 g/mol. The predicted molar refractivity (Wildman–Crippen MR) is 101 cm³/mol. The number of carbonyl (C=O) groups excluding carboxylic acids is 1. The lowest BCUT2D eigenvalue weighted by atomic mass is 10.2. The van der Waals surface area contributed by atoms with Crippen LogP contribution in [0.2, 0.25) is 5.02 Å². The molecule has 1 fully saturated rings. The second kappa shape index (κ2) is 8.26. The van der Waals surface area contributed by atoms with E-state index < -0.39 is 6.10 Å². The number of anilines is 1. The Hall–Kier alpha value is -2.20. The maximum atomic E-state index is 12.2. The Morgan fingerprint density at radius 2 is 1.92 bits per heavy atom. The molecule has 5 heteroatoms. The first-order chi connectivity index (χ1) is 12.1. The Bertz CT molecular complexity index is 712. The molecule has 2 aromatic rings. The van der Waals surface area contributed by atoms with Crippen LogP contribution >= 0.6 is 11.6 Å². The van der Waals surface area contributed by atoms with Crippen LogP contribution in [0.25, 0.3) is 0 Å². The van der Waals surface area contributed by atoms with Crippen LogP contribution in [0.3, 0.4) is 0 Å². The van der Waals surface area contributed by atoms with E-state index in [-0.39, 0.29) is 5.91 Å². The standard InChI is InChI=1S/C20H23ClN2O2/c1-15(25-19-6-4-5-17(21)13-19)20(24)22-14-16-7-9-18(10-8-16)23-11-2-3-12-23/h4-10,13,15H,2-3,11-12,14H2,1H3,(H,22,24). The van der Waals surface area contributed by atoms with Gasteiger partial charge >= 0.3 is 0 Å². The molecule has 0 spiro atoms. The van der Waals surface area contributed by atoms with E-state index in [1.807, 2.05) is 0 Å². The van der Waals surface area contributed by atoms with Crippen molar-refractivity contribution < 1.29 is 9.53 Å². The van der Waals surface area contributed by atoms with Crippen LogP contribution in [0.4, 0.5) is 5.69 Å². The maximum Gasteiger partial charge on any atom is 0.261 e. The molecule has 4 nitrogen and oxygen atoms in total. The molecule has 3 rings (SSSR count). The smallest absolute Gasteiger partial charge is 0.261 e. The van der Waals surface area contributed by atoms with E-state index in [9.17, 15) is 4.79 Å². The van der Waals surface area contributed by atoms with Crippen LogP contribution in [-0.4, -0.2) is 25.1 Å². The molecule has 1 saturated heterocycles. The molecule has 0 aliphatic carbocycles. The van der Waals surface area contributed by atoms with E-state index in [4.69, 9.17) is 16.3 Å². The van der Waals surface area contributed by atoms with Gasteiger partial charge < -0.3 is 15.0 Å². The summed E-state index contributed by atoms with van der Waals surface area (Å²) in [5, 5.41) is 3.50. The Kier molecular flexibility index (Phi) is 5.82. The molecule has 0 aromatic heterocycles. The minimum absolute atomic E-state index is 0.149. The molecule has 0 saturated carbocycles. The van der Waals surface area contributed by atoms with Gasteiger partial charge in [-0.1, -0.05) is 29.8 Å². The van der Waals surface area contributed by atoms with Crippen LogP contribution < -0.4 is 15.0 Å². The van der Waals surface area contributed by atoms with Gasteiger partial charge in [-0.05, 0) is 55.7 Å². The van der Waals surface area contributed by atoms with E-state index >= 15 is 0 Å². The number of amides is 1. The molecule has 1 N–H and O–H groups in total. The molecular formula is C20H23ClN2O2. The molecule has 0 bridgehead atoms. The van der Waals surface area contributed by atoms with Gasteiger partial charge in [-0.15, -0.1) is 0 Å². The van der Waals surface area contributed by atoms with Gasteiger partial charge in [0.1, 0.15) is 5.75 Å². The quantitative estimate of drug-likeness (QED) is 0.847. The van der Waals surface area contributed by atoms with Crippen molar-refractivity contribution in [3.8, 4) is 5.75 Å². The largest absolute Gasteiger partial charge is 0.481 e. The fourth-order valence-corrected chi connectivity index (χ4v) is 3.11. The number of benzene rings is 2. The van der Waals surface area contributed by atoms with Crippen molar-refractivity contribution in [2.75, 3.05) is 18.0 Å². The highest BCUT2D eigenvalue weighted by molar-refractivity contribution is 6.30. The Labute approximate surface area is 153 Å². The summed E-state index contributed by atoms with van der Waals surface area (Å²) in [6.45, 7) is 4.48. The number of carbonyl (C=O) groups is 1. The molecule has 2 aromatic carbocycles. The van der Waals surface area contributed by atoms with Gasteiger partial charge in [0.25, 0.3) is 5.91 Å². The highest BCUT2D eigenvalue weighted by Gasteiger charge is 2.15. The number of halogens is 1. The SMILES string of the molecule is CC(Oc1cccc(Cl)c1)C(=O)NCc1ccc(N2CCCC2)cc1. The lowest BCUT2D eigenvalue weighted by Crippen LogP contribution is -2.35. The highest BCUT2D eigenvalue weighted by atomic mass is 35.5. The maximum absolute atomic E-state index is 12.2. The molecule has 1 aliphatic heterocycles. The molecule has 1 unspecified atom stereocenters. The third-order valence-corrected chi connectivity index (χ3v) is 4.59. The van der Waals surface area contributed by atoms with Crippen LogP contribution in [0.15, 0.2) is 48.5 Å². The fraction of sp³-hybridized carbons (Fsp3) is 0.350. The second-order valence-corrected chi connectivity index (χ2v) is 6.73. The van der Waals surface area contributed by atoms with Crippen molar-refractivity contribution in [3.63, 3.8) is 0 Å². The van der Waals surface area contributed by atoms with E-state index in [1.54, 1.807) is 31.2 Å². The molecule has 0 radical (unpaired) electrons. The zero-order chi connectivity index (χ0) is 17.6. The summed E-state index contributed by atoms with van der Waals surface area (Å²) in [7, 11) is 0. The normalized spacial score (nSPS) is 15.0. The molecule has 1 aliphatic rings. The number of rotatable bonds is 6. The van der Waals surface area contributed by atoms with Crippen molar-refractivity contribution in [1.29, 1.82) is 0 Å². The monoisotopic (exact) mass is 358 g/mol. The molecule has 1 amide bonds. The predicted octanol–water partition coefficient (Wildman–Crippen LogP) is 4.02. The van der Waals surface area contributed by atoms with Crippen molar-refractivity contribution in [1.82, 2.24) is 5.32 Å². The first kappa shape index (κ1) is 17.6. The first-order valence-electron chi connectivity index (χ1n) is 8.65. The lowest BCUT2D eigenvalue weighted by molar-refractivity contribution is -0.127. The van der Waals surface area contributed by atoms with Crippen molar-refractivity contribution in [3.05, 3.63) is 59.1 Å². The molecular weight excluding hydrogens is 336 g/mol. The lowest BCUT2D eigenvalue weighted by Gasteiger charge is -2.18. The van der Waals surface area contributed by atoms with Crippen molar-refractivity contribution in [2.24, 2.45) is 0 Å². The number of hydrogen-bond acceptors (Lipinski definition) is 3. The number of hydrogen-bond donors (Lipinski definition) is 1. The van der Waals surface area contributed by atoms with Crippen LogP contribution in [0.1, 0.15) is 25.3 Å². The van der Waals surface area contributed by atoms with Crippen LogP contribution in [0.5, 0.6) is 5.75 Å². The molecule has 1 heterocycles. The van der Waals surface area contributed by atoms with Gasteiger partial charge in [-0.3, -0.25) is 4.79 Å². The van der Waals surface area contributed by atoms with Gasteiger partial charge in [-0.25, -0.2) is 0 Å². The van der Waals surface area contributed by atoms with Crippen molar-refractivity contribution in [2.45, 2.75) is 32.4 Å². The van der Waals surface area contributed by atoms with Crippen LogP contribution in [0, 0.1) is 0 Å². The minimum Gasteiger partial charge on any atom is -0.481 e. The summed E-state index contributed by atoms with van der Waals surface area (Å²) in [6, 6.07) is 15.4. The average Bonchev–Trinajstić information content (AvgIpc) is 3.14. The van der Waals surface area contributed by atoms with E-state index in [0.717, 1.165) is 18.7 Å². The zero-order valence-corrected chi connectivity index (χ0v) is 15.1. The van der Waals surface area contributed by atoms with E-state index in [2.05, 4.69) is 34.5 Å². The number of ether oxygens (including phenoxy) is 1. The first-order valence-corrected chi connectivity index (χ1v) is 9.03. The molecule has 132 valence electrons. The van der Waals surface area contributed by atoms with Gasteiger partial charge in [0, 0.05) is 30.3 Å². The summed E-state index contributed by atoms with van der Waals surface area (Å²) in [4.78, 5) is 14.6. The number of nitrogens with zero attached hydrogens (tertiary/aromatic N) is 1. The van der Waals surface area contributed by atoms with E-state index in [0.29, 0.717) is 17.3 Å². The third-order valence-electron chi connectivity index (χ3n) is 4.35. The summed E-state index contributed by atoms with van der Waals surface area (Å²) >= 11 is 5.92. The Morgan fingerprint density at radius 1 is 1.20 bits per heavy atom. The summed E-state index contributed by atoms with van der Waals surface area (Å²) in [6.07, 6.45) is 1.95. The Balaban J connectivity index is 1.49. The Morgan fingerprint density at radius 3 is 2.60 bits per heavy atom. The molecule has 1 atom stereocenters. The fourth-order valence-electron chi connectivity index (χ4n) is 2.93. The van der Waals surface area contributed by atoms with Gasteiger partial charge in [-0.2, -0.15) is 0 Å². The highest BCUT2D eigenvalue weighted by Crippen LogP contribution is 2.21. The minimum atomic E-state index is -0.581. The van der Waals surface area contributed by atoms with E-state index in [1.165, 1.54) is 18.5 Å². The third kappa shape index (κ3) is 4.89. The number of nitrogens with one attached hydrogen (secondary N) is 1. The van der Waals surface area contributed by atoms with Gasteiger partial charge in [0.15, 0.2) is 6.10 Å².